The Hall–Kier alpha value is -4.16. The number of allylic oxidation sites excluding steroid dienone is 1. The minimum atomic E-state index is -0.671. The first-order valence-corrected chi connectivity index (χ1v) is 12.5. The van der Waals surface area contributed by atoms with Gasteiger partial charge in [0.15, 0.2) is 5.82 Å². The Labute approximate surface area is 223 Å². The maximum Gasteiger partial charge on any atom is 0.246 e. The van der Waals surface area contributed by atoms with Crippen molar-refractivity contribution in [2.45, 2.75) is 19.4 Å². The van der Waals surface area contributed by atoms with Crippen LogP contribution in [0.4, 0.5) is 14.6 Å². The summed E-state index contributed by atoms with van der Waals surface area (Å²) < 4.78 is 30.2. The predicted octanol–water partition coefficient (Wildman–Crippen LogP) is 5.68. The Morgan fingerprint density at radius 3 is 2.84 bits per heavy atom. The van der Waals surface area contributed by atoms with Crippen molar-refractivity contribution in [3.05, 3.63) is 83.1 Å². The summed E-state index contributed by atoms with van der Waals surface area (Å²) in [7, 11) is 0. The lowest BCUT2D eigenvalue weighted by atomic mass is 10.0. The Kier molecular flexibility index (Phi) is 7.16. The molecule has 10 heteroatoms. The number of piperazine rings is 1. The molecule has 2 aromatic carbocycles. The first kappa shape index (κ1) is 25.5. The molecule has 0 N–H and O–H groups in total. The average Bonchev–Trinajstić information content (AvgIpc) is 2.93. The standard InChI is InChI=1S/C28H23ClF2N6O/c1-3-4-8-22(38)37-12-11-36(15-18(37)13-32-2)28-20-14-33-26(25(31)27(20)34-16-35-28)19-7-5-6-17-9-10-21(30)24(29)23(17)19/h4-10,14,16,18H,3,11-13,15H2,1H3/b8-4+/t18-/m0/s1. The number of halogens is 3. The number of fused-ring (bicyclic) bond motifs is 2. The molecule has 1 aliphatic heterocycles. The molecule has 192 valence electrons. The fourth-order valence-corrected chi connectivity index (χ4v) is 5.11. The Morgan fingerprint density at radius 2 is 2.05 bits per heavy atom. The molecule has 1 aliphatic rings. The maximum absolute atomic E-state index is 15.9. The van der Waals surface area contributed by atoms with Crippen molar-refractivity contribution in [1.29, 1.82) is 0 Å². The van der Waals surface area contributed by atoms with E-state index in [1.807, 2.05) is 11.8 Å². The van der Waals surface area contributed by atoms with Crippen molar-refractivity contribution in [1.82, 2.24) is 19.9 Å². The number of pyridine rings is 1. The SMILES string of the molecule is [C-]#[N+]C[C@H]1CN(c2ncnc3c(F)c(-c4cccc5ccc(F)c(Cl)c45)ncc23)CCN1C(=O)/C=C/CC. The molecule has 0 saturated carbocycles. The molecule has 0 aliphatic carbocycles. The van der Waals surface area contributed by atoms with Crippen LogP contribution in [0.5, 0.6) is 0 Å². The number of hydrogen-bond acceptors (Lipinski definition) is 5. The fourth-order valence-electron chi connectivity index (χ4n) is 4.84. The van der Waals surface area contributed by atoms with Crippen LogP contribution in [-0.2, 0) is 4.79 Å². The number of benzene rings is 2. The van der Waals surface area contributed by atoms with Crippen LogP contribution >= 0.6 is 11.6 Å². The molecule has 1 fully saturated rings. The van der Waals surface area contributed by atoms with E-state index >= 15 is 4.39 Å². The van der Waals surface area contributed by atoms with E-state index in [9.17, 15) is 9.18 Å². The van der Waals surface area contributed by atoms with E-state index in [1.165, 1.54) is 18.6 Å². The summed E-state index contributed by atoms with van der Waals surface area (Å²) >= 11 is 6.27. The molecule has 0 spiro atoms. The highest BCUT2D eigenvalue weighted by Crippen LogP contribution is 2.37. The van der Waals surface area contributed by atoms with Gasteiger partial charge in [-0.05, 0) is 23.9 Å². The zero-order valence-corrected chi connectivity index (χ0v) is 21.3. The Bertz CT molecular complexity index is 1620. The number of amides is 1. The zero-order chi connectivity index (χ0) is 26.8. The van der Waals surface area contributed by atoms with Gasteiger partial charge in [0.05, 0.1) is 10.4 Å². The van der Waals surface area contributed by atoms with Gasteiger partial charge >= 0.3 is 0 Å². The van der Waals surface area contributed by atoms with Crippen LogP contribution < -0.4 is 4.90 Å². The summed E-state index contributed by atoms with van der Waals surface area (Å²) in [6.07, 6.45) is 6.86. The average molecular weight is 533 g/mol. The highest BCUT2D eigenvalue weighted by molar-refractivity contribution is 6.36. The van der Waals surface area contributed by atoms with Crippen molar-refractivity contribution >= 4 is 45.0 Å². The molecule has 2 aromatic heterocycles. The molecule has 1 atom stereocenters. The third-order valence-corrected chi connectivity index (χ3v) is 7.02. The number of carbonyl (C=O) groups is 1. The first-order valence-electron chi connectivity index (χ1n) is 12.2. The number of nitrogens with zero attached hydrogens (tertiary/aromatic N) is 6. The summed E-state index contributed by atoms with van der Waals surface area (Å²) in [4.78, 5) is 32.8. The minimum Gasteiger partial charge on any atom is -0.352 e. The van der Waals surface area contributed by atoms with Gasteiger partial charge in [-0.15, -0.1) is 0 Å². The van der Waals surface area contributed by atoms with Crippen molar-refractivity contribution in [2.24, 2.45) is 0 Å². The lowest BCUT2D eigenvalue weighted by Gasteiger charge is -2.39. The smallest absolute Gasteiger partial charge is 0.246 e. The van der Waals surface area contributed by atoms with Gasteiger partial charge in [0.1, 0.15) is 35.2 Å². The molecule has 4 aromatic rings. The van der Waals surface area contributed by atoms with Gasteiger partial charge in [-0.1, -0.05) is 48.9 Å². The molecule has 5 rings (SSSR count). The lowest BCUT2D eigenvalue weighted by molar-refractivity contribution is -0.128. The van der Waals surface area contributed by atoms with Gasteiger partial charge in [0.2, 0.25) is 12.5 Å². The van der Waals surface area contributed by atoms with Crippen molar-refractivity contribution in [3.63, 3.8) is 0 Å². The van der Waals surface area contributed by atoms with Gasteiger partial charge in [0.25, 0.3) is 0 Å². The quantitative estimate of drug-likeness (QED) is 0.244. The lowest BCUT2D eigenvalue weighted by Crippen LogP contribution is -2.56. The third-order valence-electron chi connectivity index (χ3n) is 6.66. The molecule has 38 heavy (non-hydrogen) atoms. The maximum atomic E-state index is 15.9. The number of rotatable bonds is 5. The van der Waals surface area contributed by atoms with Gasteiger partial charge < -0.3 is 14.6 Å². The summed E-state index contributed by atoms with van der Waals surface area (Å²) in [5.41, 5.74) is 0.427. The highest BCUT2D eigenvalue weighted by atomic mass is 35.5. The molecule has 7 nitrogen and oxygen atoms in total. The van der Waals surface area contributed by atoms with Crippen LogP contribution in [0.2, 0.25) is 5.02 Å². The van der Waals surface area contributed by atoms with E-state index in [0.717, 1.165) is 6.42 Å². The molecular formula is C28H23ClF2N6O. The van der Waals surface area contributed by atoms with E-state index < -0.39 is 11.6 Å². The number of aromatic nitrogens is 3. The normalized spacial score (nSPS) is 15.9. The van der Waals surface area contributed by atoms with Crippen LogP contribution in [0.3, 0.4) is 0 Å². The van der Waals surface area contributed by atoms with Crippen LogP contribution in [-0.4, -0.2) is 58.0 Å². The van der Waals surface area contributed by atoms with Gasteiger partial charge in [0, 0.05) is 36.8 Å². The van der Waals surface area contributed by atoms with E-state index in [2.05, 4.69) is 19.8 Å². The molecule has 0 bridgehead atoms. The highest BCUT2D eigenvalue weighted by Gasteiger charge is 2.33. The Balaban J connectivity index is 1.54. The number of hydrogen-bond donors (Lipinski definition) is 0. The number of anilines is 1. The van der Waals surface area contributed by atoms with E-state index in [1.54, 1.807) is 41.3 Å². The van der Waals surface area contributed by atoms with Gasteiger partial charge in [-0.25, -0.2) is 25.3 Å². The van der Waals surface area contributed by atoms with Crippen molar-refractivity contribution in [2.75, 3.05) is 31.1 Å². The largest absolute Gasteiger partial charge is 0.352 e. The molecular weight excluding hydrogens is 510 g/mol. The topological polar surface area (TPSA) is 66.6 Å². The second-order valence-corrected chi connectivity index (χ2v) is 9.31. The molecule has 1 saturated heterocycles. The summed E-state index contributed by atoms with van der Waals surface area (Å²) in [6.45, 7) is 10.7. The van der Waals surface area contributed by atoms with E-state index in [4.69, 9.17) is 18.2 Å². The number of carbonyl (C=O) groups excluding carboxylic acids is 1. The Morgan fingerprint density at radius 1 is 1.21 bits per heavy atom. The van der Waals surface area contributed by atoms with Crippen LogP contribution in [0.1, 0.15) is 13.3 Å². The molecule has 1 amide bonds. The van der Waals surface area contributed by atoms with Crippen LogP contribution in [0.25, 0.3) is 37.8 Å². The fraction of sp³-hybridized carbons (Fsp3) is 0.250. The van der Waals surface area contributed by atoms with Crippen molar-refractivity contribution in [3.8, 4) is 11.3 Å². The zero-order valence-electron chi connectivity index (χ0n) is 20.5. The predicted molar refractivity (Wildman–Crippen MR) is 144 cm³/mol. The minimum absolute atomic E-state index is 0.00394. The summed E-state index contributed by atoms with van der Waals surface area (Å²) in [5.74, 6) is -0.930. The molecule has 0 unspecified atom stereocenters. The third kappa shape index (κ3) is 4.52. The van der Waals surface area contributed by atoms with Gasteiger partial charge in [-0.2, -0.15) is 0 Å². The van der Waals surface area contributed by atoms with Crippen LogP contribution in [0.15, 0.2) is 55.0 Å². The van der Waals surface area contributed by atoms with Crippen molar-refractivity contribution < 1.29 is 13.6 Å². The molecule has 0 radical (unpaired) electrons. The summed E-state index contributed by atoms with van der Waals surface area (Å²) in [6, 6.07) is 7.66. The second-order valence-electron chi connectivity index (χ2n) is 8.93. The second kappa shape index (κ2) is 10.7. The monoisotopic (exact) mass is 532 g/mol. The van der Waals surface area contributed by atoms with Gasteiger partial charge in [-0.3, -0.25) is 9.78 Å². The van der Waals surface area contributed by atoms with E-state index in [0.29, 0.717) is 47.2 Å². The first-order chi connectivity index (χ1) is 18.4. The van der Waals surface area contributed by atoms with Crippen LogP contribution in [0, 0.1) is 18.2 Å². The molecule has 3 heterocycles. The summed E-state index contributed by atoms with van der Waals surface area (Å²) in [5, 5.41) is 1.33. The van der Waals surface area contributed by atoms with E-state index in [-0.39, 0.29) is 34.7 Å².